The maximum Gasteiger partial charge on any atom is 0.339 e. The molecule has 2 aromatic rings. The number of carbonyl (C=O) groups is 3. The third-order valence-corrected chi connectivity index (χ3v) is 4.33. The number of carbonyl (C=O) groups excluding carboxylic acids is 3. The van der Waals surface area contributed by atoms with Gasteiger partial charge in [0.25, 0.3) is 0 Å². The molecule has 0 atom stereocenters. The van der Waals surface area contributed by atoms with Crippen molar-refractivity contribution in [2.75, 3.05) is 23.9 Å². The Morgan fingerprint density at radius 2 is 1.74 bits per heavy atom. The maximum absolute atomic E-state index is 12.3. The van der Waals surface area contributed by atoms with Gasteiger partial charge in [0, 0.05) is 25.6 Å². The first-order valence-electron chi connectivity index (χ1n) is 8.66. The zero-order valence-electron chi connectivity index (χ0n) is 16.0. The largest absolute Gasteiger partial charge is 0.465 e. The molecular weight excluding hydrogens is 344 g/mol. The molecule has 0 aromatic heterocycles. The molecule has 6 heteroatoms. The first-order valence-corrected chi connectivity index (χ1v) is 8.66. The Balaban J connectivity index is 2.11. The highest BCUT2D eigenvalue weighted by atomic mass is 16.5. The van der Waals surface area contributed by atoms with Gasteiger partial charge in [0.1, 0.15) is 0 Å². The fourth-order valence-corrected chi connectivity index (χ4v) is 2.70. The van der Waals surface area contributed by atoms with Gasteiger partial charge in [-0.05, 0) is 49.2 Å². The molecule has 2 rings (SSSR count). The molecule has 2 amide bonds. The summed E-state index contributed by atoms with van der Waals surface area (Å²) < 4.78 is 4.78. The van der Waals surface area contributed by atoms with Crippen LogP contribution in [0.5, 0.6) is 0 Å². The van der Waals surface area contributed by atoms with Crippen LogP contribution in [0.4, 0.5) is 11.4 Å². The van der Waals surface area contributed by atoms with Crippen molar-refractivity contribution in [2.24, 2.45) is 0 Å². The summed E-state index contributed by atoms with van der Waals surface area (Å²) in [7, 11) is 1.29. The summed E-state index contributed by atoms with van der Waals surface area (Å²) in [6, 6.07) is 12.4. The van der Waals surface area contributed by atoms with Crippen molar-refractivity contribution in [3.63, 3.8) is 0 Å². The molecule has 6 nitrogen and oxygen atoms in total. The molecule has 0 bridgehead atoms. The topological polar surface area (TPSA) is 75.7 Å². The van der Waals surface area contributed by atoms with Gasteiger partial charge in [-0.3, -0.25) is 9.59 Å². The smallest absolute Gasteiger partial charge is 0.339 e. The number of nitrogens with zero attached hydrogens (tertiary/aromatic N) is 1. The Hall–Kier alpha value is -3.15. The van der Waals surface area contributed by atoms with Gasteiger partial charge in [-0.2, -0.15) is 0 Å². The molecule has 0 aliphatic rings. The number of aryl methyl sites for hydroxylation is 2. The molecule has 0 radical (unpaired) electrons. The van der Waals surface area contributed by atoms with E-state index in [1.54, 1.807) is 24.3 Å². The summed E-state index contributed by atoms with van der Waals surface area (Å²) >= 11 is 0. The molecular formula is C21H24N2O4. The second kappa shape index (κ2) is 8.98. The van der Waals surface area contributed by atoms with Crippen LogP contribution in [-0.2, 0) is 14.3 Å². The molecule has 142 valence electrons. The molecule has 0 fully saturated rings. The summed E-state index contributed by atoms with van der Waals surface area (Å²) in [5.41, 5.74) is 3.66. The van der Waals surface area contributed by atoms with E-state index in [1.165, 1.54) is 18.9 Å². The Labute approximate surface area is 159 Å². The monoisotopic (exact) mass is 368 g/mol. The number of methoxy groups -OCH3 is 1. The van der Waals surface area contributed by atoms with Gasteiger partial charge in [-0.1, -0.05) is 18.2 Å². The lowest BCUT2D eigenvalue weighted by Gasteiger charge is -2.23. The number of hydrogen-bond acceptors (Lipinski definition) is 4. The maximum atomic E-state index is 12.3. The van der Waals surface area contributed by atoms with Crippen LogP contribution in [0, 0.1) is 13.8 Å². The standard InChI is InChI=1S/C21H24N2O4/c1-14-9-10-17(13-15(14)2)22-20(25)11-12-23(16(3)24)19-8-6-5-7-18(19)21(26)27-4/h5-10,13H,11-12H2,1-4H3,(H,22,25). The van der Waals surface area contributed by atoms with Gasteiger partial charge in [0.15, 0.2) is 0 Å². The van der Waals surface area contributed by atoms with Crippen LogP contribution in [0.2, 0.25) is 0 Å². The van der Waals surface area contributed by atoms with Crippen molar-refractivity contribution < 1.29 is 19.1 Å². The zero-order valence-corrected chi connectivity index (χ0v) is 16.0. The fraction of sp³-hybridized carbons (Fsp3) is 0.286. The predicted octanol–water partition coefficient (Wildman–Crippen LogP) is 3.47. The van der Waals surface area contributed by atoms with E-state index in [1.807, 2.05) is 32.0 Å². The van der Waals surface area contributed by atoms with E-state index in [-0.39, 0.29) is 30.3 Å². The highest BCUT2D eigenvalue weighted by Gasteiger charge is 2.20. The van der Waals surface area contributed by atoms with Gasteiger partial charge >= 0.3 is 5.97 Å². The fourth-order valence-electron chi connectivity index (χ4n) is 2.70. The third kappa shape index (κ3) is 5.17. The van der Waals surface area contributed by atoms with Crippen LogP contribution < -0.4 is 10.2 Å². The molecule has 0 heterocycles. The molecule has 27 heavy (non-hydrogen) atoms. The van der Waals surface area contributed by atoms with Crippen molar-refractivity contribution in [1.82, 2.24) is 0 Å². The van der Waals surface area contributed by atoms with Gasteiger partial charge in [-0.15, -0.1) is 0 Å². The minimum Gasteiger partial charge on any atom is -0.465 e. The average molecular weight is 368 g/mol. The summed E-state index contributed by atoms with van der Waals surface area (Å²) in [5.74, 6) is -0.998. The van der Waals surface area contributed by atoms with Gasteiger partial charge < -0.3 is 15.0 Å². The number of esters is 1. The number of benzene rings is 2. The van der Waals surface area contributed by atoms with E-state index in [0.717, 1.165) is 11.1 Å². The first-order chi connectivity index (χ1) is 12.8. The summed E-state index contributed by atoms with van der Waals surface area (Å²) in [6.07, 6.45) is 0.0992. The second-order valence-corrected chi connectivity index (χ2v) is 6.28. The van der Waals surface area contributed by atoms with E-state index >= 15 is 0 Å². The van der Waals surface area contributed by atoms with E-state index in [0.29, 0.717) is 11.4 Å². The van der Waals surface area contributed by atoms with Crippen molar-refractivity contribution in [1.29, 1.82) is 0 Å². The highest BCUT2D eigenvalue weighted by Crippen LogP contribution is 2.22. The Morgan fingerprint density at radius 1 is 1.04 bits per heavy atom. The number of nitrogens with one attached hydrogen (secondary N) is 1. The number of para-hydroxylation sites is 1. The lowest BCUT2D eigenvalue weighted by Crippen LogP contribution is -2.33. The molecule has 1 N–H and O–H groups in total. The number of ether oxygens (including phenoxy) is 1. The van der Waals surface area contributed by atoms with Crippen LogP contribution in [0.1, 0.15) is 34.8 Å². The van der Waals surface area contributed by atoms with Gasteiger partial charge in [0.05, 0.1) is 18.4 Å². The molecule has 2 aromatic carbocycles. The molecule has 0 saturated carbocycles. The summed E-state index contributed by atoms with van der Waals surface area (Å²) in [6.45, 7) is 5.53. The Bertz CT molecular complexity index is 861. The van der Waals surface area contributed by atoms with Crippen molar-refractivity contribution in [2.45, 2.75) is 27.2 Å². The number of amides is 2. The lowest BCUT2D eigenvalue weighted by molar-refractivity contribution is -0.117. The summed E-state index contributed by atoms with van der Waals surface area (Å²) in [5, 5.41) is 2.84. The van der Waals surface area contributed by atoms with E-state index in [4.69, 9.17) is 4.74 Å². The minimum atomic E-state index is -0.531. The number of hydrogen-bond donors (Lipinski definition) is 1. The van der Waals surface area contributed by atoms with Crippen LogP contribution in [0.3, 0.4) is 0 Å². The van der Waals surface area contributed by atoms with Gasteiger partial charge in [0.2, 0.25) is 11.8 Å². The molecule has 0 aliphatic heterocycles. The molecule has 0 aliphatic carbocycles. The van der Waals surface area contributed by atoms with E-state index in [9.17, 15) is 14.4 Å². The van der Waals surface area contributed by atoms with E-state index < -0.39 is 5.97 Å². The number of rotatable bonds is 6. The second-order valence-electron chi connectivity index (χ2n) is 6.28. The number of anilines is 2. The van der Waals surface area contributed by atoms with Gasteiger partial charge in [-0.25, -0.2) is 4.79 Å². The third-order valence-electron chi connectivity index (χ3n) is 4.33. The predicted molar refractivity (Wildman–Crippen MR) is 105 cm³/mol. The van der Waals surface area contributed by atoms with Crippen LogP contribution in [0.15, 0.2) is 42.5 Å². The minimum absolute atomic E-state index is 0.0992. The Kier molecular flexibility index (Phi) is 6.71. The lowest BCUT2D eigenvalue weighted by atomic mass is 10.1. The first kappa shape index (κ1) is 20.2. The van der Waals surface area contributed by atoms with Crippen molar-refractivity contribution in [3.8, 4) is 0 Å². The van der Waals surface area contributed by atoms with Crippen LogP contribution in [0.25, 0.3) is 0 Å². The zero-order chi connectivity index (χ0) is 20.0. The van der Waals surface area contributed by atoms with Crippen LogP contribution in [-0.4, -0.2) is 31.4 Å². The molecule has 0 spiro atoms. The normalized spacial score (nSPS) is 10.2. The summed E-state index contributed by atoms with van der Waals surface area (Å²) in [4.78, 5) is 37.8. The van der Waals surface area contributed by atoms with Crippen LogP contribution >= 0.6 is 0 Å². The van der Waals surface area contributed by atoms with Crippen molar-refractivity contribution in [3.05, 3.63) is 59.2 Å². The molecule has 0 saturated heterocycles. The Morgan fingerprint density at radius 3 is 2.37 bits per heavy atom. The average Bonchev–Trinajstić information content (AvgIpc) is 2.64. The van der Waals surface area contributed by atoms with Crippen molar-refractivity contribution >= 4 is 29.2 Å². The van der Waals surface area contributed by atoms with E-state index in [2.05, 4.69) is 5.32 Å². The quantitative estimate of drug-likeness (QED) is 0.792. The SMILES string of the molecule is COC(=O)c1ccccc1N(CCC(=O)Nc1ccc(C)c(C)c1)C(C)=O. The molecule has 0 unspecified atom stereocenters. The highest BCUT2D eigenvalue weighted by molar-refractivity contribution is 6.02.